The summed E-state index contributed by atoms with van der Waals surface area (Å²) in [5.74, 6) is 0.868. The van der Waals surface area contributed by atoms with E-state index in [9.17, 15) is 4.79 Å². The molecule has 3 rings (SSSR count). The highest BCUT2D eigenvalue weighted by Crippen LogP contribution is 2.17. The normalized spacial score (nSPS) is 17.8. The van der Waals surface area contributed by atoms with Crippen LogP contribution in [0, 0.1) is 0 Å². The standard InChI is InChI=1S/C19H22N2O2/c1-15-13-20-11-12-21(15)19(22)17-7-9-18(10-8-17)23-14-16-5-3-2-4-6-16/h2-10,15,20H,11-14H2,1H3/t15-/m0/s1. The smallest absolute Gasteiger partial charge is 0.254 e. The van der Waals surface area contributed by atoms with Crippen LogP contribution >= 0.6 is 0 Å². The van der Waals surface area contributed by atoms with Crippen molar-refractivity contribution in [1.29, 1.82) is 0 Å². The lowest BCUT2D eigenvalue weighted by Crippen LogP contribution is -2.52. The van der Waals surface area contributed by atoms with Crippen LogP contribution in [-0.2, 0) is 6.61 Å². The third-order valence-corrected chi connectivity index (χ3v) is 4.11. The van der Waals surface area contributed by atoms with E-state index in [0.717, 1.165) is 30.9 Å². The van der Waals surface area contributed by atoms with Crippen LogP contribution in [0.5, 0.6) is 5.75 Å². The third kappa shape index (κ3) is 3.90. The van der Waals surface area contributed by atoms with E-state index in [1.165, 1.54) is 0 Å². The van der Waals surface area contributed by atoms with Gasteiger partial charge in [0.15, 0.2) is 0 Å². The Morgan fingerprint density at radius 2 is 1.91 bits per heavy atom. The number of amides is 1. The molecular weight excluding hydrogens is 288 g/mol. The number of hydrogen-bond donors (Lipinski definition) is 1. The fraction of sp³-hybridized carbons (Fsp3) is 0.316. The Morgan fingerprint density at radius 1 is 1.17 bits per heavy atom. The van der Waals surface area contributed by atoms with E-state index in [1.807, 2.05) is 59.5 Å². The van der Waals surface area contributed by atoms with Crippen molar-refractivity contribution >= 4 is 5.91 Å². The lowest BCUT2D eigenvalue weighted by atomic mass is 10.1. The summed E-state index contributed by atoms with van der Waals surface area (Å²) in [5, 5.41) is 3.30. The molecule has 0 aromatic heterocycles. The van der Waals surface area contributed by atoms with Crippen LogP contribution < -0.4 is 10.1 Å². The molecule has 0 unspecified atom stereocenters. The zero-order valence-corrected chi connectivity index (χ0v) is 13.4. The molecule has 2 aromatic carbocycles. The highest BCUT2D eigenvalue weighted by atomic mass is 16.5. The zero-order valence-electron chi connectivity index (χ0n) is 13.4. The number of ether oxygens (including phenoxy) is 1. The first-order chi connectivity index (χ1) is 11.2. The van der Waals surface area contributed by atoms with Crippen molar-refractivity contribution < 1.29 is 9.53 Å². The molecule has 120 valence electrons. The quantitative estimate of drug-likeness (QED) is 0.944. The molecule has 1 aliphatic heterocycles. The van der Waals surface area contributed by atoms with E-state index in [2.05, 4.69) is 12.2 Å². The lowest BCUT2D eigenvalue weighted by molar-refractivity contribution is 0.0655. The number of nitrogens with one attached hydrogen (secondary N) is 1. The molecule has 0 bridgehead atoms. The molecule has 0 spiro atoms. The second kappa shape index (κ2) is 7.29. The third-order valence-electron chi connectivity index (χ3n) is 4.11. The molecule has 0 radical (unpaired) electrons. The van der Waals surface area contributed by atoms with Crippen LogP contribution in [0.15, 0.2) is 54.6 Å². The van der Waals surface area contributed by atoms with Crippen LogP contribution in [0.25, 0.3) is 0 Å². The van der Waals surface area contributed by atoms with Crippen molar-refractivity contribution in [3.8, 4) is 5.75 Å². The van der Waals surface area contributed by atoms with Crippen molar-refractivity contribution in [2.75, 3.05) is 19.6 Å². The van der Waals surface area contributed by atoms with Crippen molar-refractivity contribution in [3.05, 3.63) is 65.7 Å². The predicted octanol–water partition coefficient (Wildman–Crippen LogP) is 2.70. The molecule has 23 heavy (non-hydrogen) atoms. The van der Waals surface area contributed by atoms with E-state index in [-0.39, 0.29) is 11.9 Å². The Morgan fingerprint density at radius 3 is 2.61 bits per heavy atom. The summed E-state index contributed by atoms with van der Waals surface area (Å²) in [6, 6.07) is 17.7. The maximum Gasteiger partial charge on any atom is 0.254 e. The summed E-state index contributed by atoms with van der Waals surface area (Å²) in [5.41, 5.74) is 1.84. The van der Waals surface area contributed by atoms with E-state index >= 15 is 0 Å². The van der Waals surface area contributed by atoms with E-state index in [1.54, 1.807) is 0 Å². The molecular formula is C19H22N2O2. The first kappa shape index (κ1) is 15.6. The highest BCUT2D eigenvalue weighted by Gasteiger charge is 2.23. The van der Waals surface area contributed by atoms with Gasteiger partial charge in [-0.1, -0.05) is 30.3 Å². The van der Waals surface area contributed by atoms with E-state index in [4.69, 9.17) is 4.74 Å². The Bertz CT molecular complexity index is 640. The van der Waals surface area contributed by atoms with Crippen LogP contribution in [0.1, 0.15) is 22.8 Å². The topological polar surface area (TPSA) is 41.6 Å². The summed E-state index contributed by atoms with van der Waals surface area (Å²) < 4.78 is 5.76. The van der Waals surface area contributed by atoms with Crippen LogP contribution in [0.4, 0.5) is 0 Å². The first-order valence-electron chi connectivity index (χ1n) is 8.02. The minimum Gasteiger partial charge on any atom is -0.489 e. The lowest BCUT2D eigenvalue weighted by Gasteiger charge is -2.34. The number of rotatable bonds is 4. The minimum atomic E-state index is 0.0913. The minimum absolute atomic E-state index is 0.0913. The van der Waals surface area contributed by atoms with E-state index < -0.39 is 0 Å². The largest absolute Gasteiger partial charge is 0.489 e. The van der Waals surface area contributed by atoms with Gasteiger partial charge in [0.2, 0.25) is 0 Å². The van der Waals surface area contributed by atoms with Gasteiger partial charge in [-0.2, -0.15) is 0 Å². The second-order valence-electron chi connectivity index (χ2n) is 5.85. The Hall–Kier alpha value is -2.33. The van der Waals surface area contributed by atoms with Crippen LogP contribution in [-0.4, -0.2) is 36.5 Å². The van der Waals surface area contributed by atoms with Gasteiger partial charge in [0.25, 0.3) is 5.91 Å². The fourth-order valence-electron chi connectivity index (χ4n) is 2.74. The maximum atomic E-state index is 12.6. The Kier molecular flexibility index (Phi) is 4.93. The van der Waals surface area contributed by atoms with Crippen LogP contribution in [0.3, 0.4) is 0 Å². The average molecular weight is 310 g/mol. The fourth-order valence-corrected chi connectivity index (χ4v) is 2.74. The summed E-state index contributed by atoms with van der Waals surface area (Å²) >= 11 is 0. The molecule has 2 aromatic rings. The Balaban J connectivity index is 1.61. The molecule has 1 heterocycles. The molecule has 4 nitrogen and oxygen atoms in total. The highest BCUT2D eigenvalue weighted by molar-refractivity contribution is 5.94. The Labute approximate surface area is 137 Å². The number of carbonyl (C=O) groups excluding carboxylic acids is 1. The molecule has 1 saturated heterocycles. The monoisotopic (exact) mass is 310 g/mol. The maximum absolute atomic E-state index is 12.6. The van der Waals surface area contributed by atoms with Gasteiger partial charge >= 0.3 is 0 Å². The van der Waals surface area contributed by atoms with Gasteiger partial charge in [-0.05, 0) is 36.8 Å². The van der Waals surface area contributed by atoms with Crippen molar-refractivity contribution in [1.82, 2.24) is 10.2 Å². The summed E-state index contributed by atoms with van der Waals surface area (Å²) in [6.07, 6.45) is 0. The van der Waals surface area contributed by atoms with Crippen molar-refractivity contribution in [2.45, 2.75) is 19.6 Å². The number of hydrogen-bond acceptors (Lipinski definition) is 3. The molecule has 1 N–H and O–H groups in total. The number of benzene rings is 2. The molecule has 0 aliphatic carbocycles. The molecule has 4 heteroatoms. The predicted molar refractivity (Wildman–Crippen MR) is 90.6 cm³/mol. The number of nitrogens with zero attached hydrogens (tertiary/aromatic N) is 1. The van der Waals surface area contributed by atoms with Gasteiger partial charge in [0.05, 0.1) is 0 Å². The van der Waals surface area contributed by atoms with Gasteiger partial charge in [0, 0.05) is 31.2 Å². The summed E-state index contributed by atoms with van der Waals surface area (Å²) in [7, 11) is 0. The molecule has 0 saturated carbocycles. The van der Waals surface area contributed by atoms with Gasteiger partial charge in [-0.3, -0.25) is 4.79 Å². The molecule has 1 aliphatic rings. The second-order valence-corrected chi connectivity index (χ2v) is 5.85. The van der Waals surface area contributed by atoms with E-state index in [0.29, 0.717) is 12.2 Å². The SMILES string of the molecule is C[C@H]1CNCCN1C(=O)c1ccc(OCc2ccccc2)cc1. The number of carbonyl (C=O) groups is 1. The molecule has 1 amide bonds. The van der Waals surface area contributed by atoms with Gasteiger partial charge < -0.3 is 15.0 Å². The summed E-state index contributed by atoms with van der Waals surface area (Å²) in [4.78, 5) is 14.5. The molecule has 1 atom stereocenters. The van der Waals surface area contributed by atoms with Gasteiger partial charge in [0.1, 0.15) is 12.4 Å². The van der Waals surface area contributed by atoms with Gasteiger partial charge in [-0.15, -0.1) is 0 Å². The van der Waals surface area contributed by atoms with Crippen LogP contribution in [0.2, 0.25) is 0 Å². The van der Waals surface area contributed by atoms with Crippen molar-refractivity contribution in [3.63, 3.8) is 0 Å². The van der Waals surface area contributed by atoms with Crippen molar-refractivity contribution in [2.24, 2.45) is 0 Å². The zero-order chi connectivity index (χ0) is 16.1. The van der Waals surface area contributed by atoms with Gasteiger partial charge in [-0.25, -0.2) is 0 Å². The summed E-state index contributed by atoms with van der Waals surface area (Å²) in [6.45, 7) is 5.06. The number of piperazine rings is 1. The molecule has 1 fully saturated rings. The average Bonchev–Trinajstić information content (AvgIpc) is 2.61. The first-order valence-corrected chi connectivity index (χ1v) is 8.02.